The normalized spacial score (nSPS) is 17.4. The van der Waals surface area contributed by atoms with Crippen LogP contribution in [-0.2, 0) is 0 Å². The Kier molecular flexibility index (Phi) is 6.02. The Hall–Kier alpha value is -2.57. The van der Waals surface area contributed by atoms with Gasteiger partial charge in [-0.3, -0.25) is 9.69 Å². The highest BCUT2D eigenvalue weighted by atomic mass is 35.5. The quantitative estimate of drug-likeness (QED) is 0.606. The summed E-state index contributed by atoms with van der Waals surface area (Å²) in [6, 6.07) is 11.4. The fourth-order valence-electron chi connectivity index (χ4n) is 3.74. The lowest BCUT2D eigenvalue weighted by Crippen LogP contribution is -2.42. The average Bonchev–Trinajstić information content (AvgIpc) is 3.20. The van der Waals surface area contributed by atoms with Crippen molar-refractivity contribution in [3.63, 3.8) is 0 Å². The second-order valence-corrected chi connectivity index (χ2v) is 7.89. The molecule has 1 atom stereocenters. The van der Waals surface area contributed by atoms with Gasteiger partial charge >= 0.3 is 0 Å². The van der Waals surface area contributed by atoms with Gasteiger partial charge in [-0.25, -0.2) is 4.98 Å². The number of piperidine rings is 1. The number of halogens is 1. The number of anilines is 2. The van der Waals surface area contributed by atoms with Crippen LogP contribution in [0.4, 0.5) is 11.5 Å². The van der Waals surface area contributed by atoms with Crippen molar-refractivity contribution >= 4 is 40.0 Å². The molecule has 4 rings (SSSR count). The molecular formula is C22H25ClN4O2. The van der Waals surface area contributed by atoms with E-state index in [-0.39, 0.29) is 5.91 Å². The van der Waals surface area contributed by atoms with E-state index in [1.165, 1.54) is 19.3 Å². The summed E-state index contributed by atoms with van der Waals surface area (Å²) in [7, 11) is 0. The van der Waals surface area contributed by atoms with Crippen LogP contribution < -0.4 is 10.6 Å². The Morgan fingerprint density at radius 1 is 1.28 bits per heavy atom. The molecule has 1 aliphatic rings. The molecule has 1 amide bonds. The maximum atomic E-state index is 12.7. The van der Waals surface area contributed by atoms with E-state index in [9.17, 15) is 4.79 Å². The number of benzene rings is 1. The first-order valence-electron chi connectivity index (χ1n) is 10.0. The highest BCUT2D eigenvalue weighted by Crippen LogP contribution is 2.27. The van der Waals surface area contributed by atoms with Crippen molar-refractivity contribution in [3.05, 3.63) is 53.4 Å². The summed E-state index contributed by atoms with van der Waals surface area (Å²) < 4.78 is 5.53. The number of furan rings is 1. The zero-order valence-electron chi connectivity index (χ0n) is 16.5. The number of rotatable bonds is 6. The van der Waals surface area contributed by atoms with Crippen molar-refractivity contribution in [1.29, 1.82) is 0 Å². The number of pyridine rings is 1. The van der Waals surface area contributed by atoms with Gasteiger partial charge in [0.05, 0.1) is 11.6 Å². The molecule has 1 saturated heterocycles. The lowest BCUT2D eigenvalue weighted by molar-refractivity contribution is 0.0933. The second kappa shape index (κ2) is 8.84. The lowest BCUT2D eigenvalue weighted by Gasteiger charge is -2.33. The molecule has 0 bridgehead atoms. The first-order chi connectivity index (χ1) is 14.1. The molecule has 3 aromatic rings. The van der Waals surface area contributed by atoms with Crippen LogP contribution in [0.1, 0.15) is 36.7 Å². The zero-order valence-corrected chi connectivity index (χ0v) is 17.2. The van der Waals surface area contributed by atoms with Crippen LogP contribution in [0.15, 0.2) is 47.1 Å². The van der Waals surface area contributed by atoms with E-state index in [2.05, 4.69) is 27.4 Å². The lowest BCUT2D eigenvalue weighted by atomic mass is 10.0. The predicted octanol–water partition coefficient (Wildman–Crippen LogP) is 4.83. The Morgan fingerprint density at radius 3 is 2.90 bits per heavy atom. The van der Waals surface area contributed by atoms with E-state index in [0.29, 0.717) is 34.7 Å². The summed E-state index contributed by atoms with van der Waals surface area (Å²) in [6.45, 7) is 4.80. The minimum absolute atomic E-state index is 0.202. The summed E-state index contributed by atoms with van der Waals surface area (Å²) in [5, 5.41) is 7.72. The van der Waals surface area contributed by atoms with Crippen LogP contribution in [-0.4, -0.2) is 41.5 Å². The van der Waals surface area contributed by atoms with E-state index < -0.39 is 0 Å². The minimum atomic E-state index is -0.202. The number of nitrogens with one attached hydrogen (secondary N) is 2. The number of likely N-dealkylation sites (tertiary alicyclic amines) is 1. The van der Waals surface area contributed by atoms with Crippen molar-refractivity contribution in [1.82, 2.24) is 15.2 Å². The fraction of sp³-hybridized carbons (Fsp3) is 0.364. The number of hydrogen-bond donors (Lipinski definition) is 2. The van der Waals surface area contributed by atoms with Crippen molar-refractivity contribution in [2.75, 3.05) is 25.0 Å². The van der Waals surface area contributed by atoms with Gasteiger partial charge < -0.3 is 15.1 Å². The molecule has 29 heavy (non-hydrogen) atoms. The van der Waals surface area contributed by atoms with Gasteiger partial charge in [0, 0.05) is 35.9 Å². The maximum absolute atomic E-state index is 12.7. The van der Waals surface area contributed by atoms with Gasteiger partial charge in [0.25, 0.3) is 5.91 Å². The zero-order chi connectivity index (χ0) is 20.2. The molecule has 1 aliphatic heterocycles. The van der Waals surface area contributed by atoms with Gasteiger partial charge in [-0.1, -0.05) is 18.0 Å². The molecule has 0 radical (unpaired) electrons. The summed E-state index contributed by atoms with van der Waals surface area (Å²) in [5.41, 5.74) is 1.78. The predicted molar refractivity (Wildman–Crippen MR) is 116 cm³/mol. The monoisotopic (exact) mass is 412 g/mol. The minimum Gasteiger partial charge on any atom is -0.464 e. The molecule has 0 spiro atoms. The standard InChI is InChI=1S/C22H25ClN4O2/c1-15-4-2-3-11-27(15)12-10-24-22(28)19-14-20-18(9-13-29-20)21(26-19)25-17-7-5-16(23)6-8-17/h5-9,13-15H,2-4,10-12H2,1H3,(H,24,28)(H,25,26)/t15-/m0/s1. The van der Waals surface area contributed by atoms with Crippen molar-refractivity contribution in [2.24, 2.45) is 0 Å². The van der Waals surface area contributed by atoms with Crippen LogP contribution in [0, 0.1) is 0 Å². The molecule has 3 heterocycles. The fourth-order valence-corrected chi connectivity index (χ4v) is 3.87. The Bertz CT molecular complexity index is 986. The van der Waals surface area contributed by atoms with Crippen LogP contribution in [0.5, 0.6) is 0 Å². The van der Waals surface area contributed by atoms with E-state index >= 15 is 0 Å². The molecular weight excluding hydrogens is 388 g/mol. The number of nitrogens with zero attached hydrogens (tertiary/aromatic N) is 2. The highest BCUT2D eigenvalue weighted by Gasteiger charge is 2.18. The molecule has 1 fully saturated rings. The summed E-state index contributed by atoms with van der Waals surface area (Å²) >= 11 is 5.96. The number of hydrogen-bond acceptors (Lipinski definition) is 5. The molecule has 2 aromatic heterocycles. The summed E-state index contributed by atoms with van der Waals surface area (Å²) in [5.74, 6) is 0.375. The number of aromatic nitrogens is 1. The molecule has 0 saturated carbocycles. The third kappa shape index (κ3) is 4.71. The Labute approximate surface area is 175 Å². The Morgan fingerprint density at radius 2 is 2.10 bits per heavy atom. The number of carbonyl (C=O) groups is 1. The molecule has 1 aromatic carbocycles. The SMILES string of the molecule is C[C@H]1CCCCN1CCNC(=O)c1cc2occc2c(Nc2ccc(Cl)cc2)n1. The van der Waals surface area contributed by atoms with Gasteiger partial charge in [-0.15, -0.1) is 0 Å². The molecule has 152 valence electrons. The van der Waals surface area contributed by atoms with E-state index in [1.807, 2.05) is 18.2 Å². The van der Waals surface area contributed by atoms with Gasteiger partial charge in [-0.05, 0) is 56.6 Å². The van der Waals surface area contributed by atoms with Crippen LogP contribution in [0.2, 0.25) is 5.02 Å². The maximum Gasteiger partial charge on any atom is 0.270 e. The second-order valence-electron chi connectivity index (χ2n) is 7.46. The van der Waals surface area contributed by atoms with Gasteiger partial charge in [0.1, 0.15) is 17.1 Å². The number of fused-ring (bicyclic) bond motifs is 1. The Balaban J connectivity index is 1.46. The average molecular weight is 413 g/mol. The summed E-state index contributed by atoms with van der Waals surface area (Å²) in [4.78, 5) is 19.7. The van der Waals surface area contributed by atoms with Crippen molar-refractivity contribution < 1.29 is 9.21 Å². The molecule has 6 nitrogen and oxygen atoms in total. The number of carbonyl (C=O) groups excluding carboxylic acids is 1. The first kappa shape index (κ1) is 19.7. The number of amides is 1. The van der Waals surface area contributed by atoms with Crippen LogP contribution in [0.25, 0.3) is 11.0 Å². The van der Waals surface area contributed by atoms with Crippen molar-refractivity contribution in [3.8, 4) is 0 Å². The third-order valence-corrected chi connectivity index (χ3v) is 5.67. The van der Waals surface area contributed by atoms with Crippen molar-refractivity contribution in [2.45, 2.75) is 32.2 Å². The van der Waals surface area contributed by atoms with E-state index in [1.54, 1.807) is 24.5 Å². The van der Waals surface area contributed by atoms with E-state index in [0.717, 1.165) is 24.2 Å². The van der Waals surface area contributed by atoms with Gasteiger partial charge in [0.15, 0.2) is 0 Å². The van der Waals surface area contributed by atoms with E-state index in [4.69, 9.17) is 16.0 Å². The molecule has 0 unspecified atom stereocenters. The summed E-state index contributed by atoms with van der Waals surface area (Å²) in [6.07, 6.45) is 5.35. The third-order valence-electron chi connectivity index (χ3n) is 5.42. The molecule has 2 N–H and O–H groups in total. The molecule has 0 aliphatic carbocycles. The molecule has 7 heteroatoms. The highest BCUT2D eigenvalue weighted by molar-refractivity contribution is 6.30. The van der Waals surface area contributed by atoms with Gasteiger partial charge in [0.2, 0.25) is 0 Å². The smallest absolute Gasteiger partial charge is 0.270 e. The topological polar surface area (TPSA) is 70.4 Å². The van der Waals surface area contributed by atoms with Gasteiger partial charge in [-0.2, -0.15) is 0 Å². The van der Waals surface area contributed by atoms with Crippen LogP contribution >= 0.6 is 11.6 Å². The first-order valence-corrected chi connectivity index (χ1v) is 10.4. The largest absolute Gasteiger partial charge is 0.464 e. The van der Waals surface area contributed by atoms with Crippen LogP contribution in [0.3, 0.4) is 0 Å².